The Bertz CT molecular complexity index is 936. The zero-order valence-corrected chi connectivity index (χ0v) is 19.1. The maximum absolute atomic E-state index is 13.0. The van der Waals surface area contributed by atoms with Crippen LogP contribution in [0.5, 0.6) is 0 Å². The van der Waals surface area contributed by atoms with Crippen molar-refractivity contribution in [1.29, 1.82) is 5.26 Å². The number of carbonyl (C=O) groups excluding carboxylic acids is 1. The molecule has 0 bridgehead atoms. The largest absolute Gasteiger partial charge is 0.372 e. The van der Waals surface area contributed by atoms with E-state index in [1.54, 1.807) is 11.3 Å². The molecule has 1 amide bonds. The Morgan fingerprint density at radius 1 is 1.23 bits per heavy atom. The first-order chi connectivity index (χ1) is 15.0. The first-order valence-corrected chi connectivity index (χ1v) is 12.1. The molecule has 0 radical (unpaired) electrons. The third-order valence-electron chi connectivity index (χ3n) is 6.00. The van der Waals surface area contributed by atoms with Gasteiger partial charge >= 0.3 is 0 Å². The van der Waals surface area contributed by atoms with Gasteiger partial charge in [0.05, 0.1) is 11.8 Å². The lowest BCUT2D eigenvalue weighted by Gasteiger charge is -2.29. The van der Waals surface area contributed by atoms with E-state index in [1.807, 2.05) is 0 Å². The van der Waals surface area contributed by atoms with Gasteiger partial charge in [0.15, 0.2) is 0 Å². The molecule has 0 spiro atoms. The number of anilines is 2. The molecule has 1 aliphatic heterocycles. The summed E-state index contributed by atoms with van der Waals surface area (Å²) in [5, 5.41) is 23.4. The number of hydrogen-bond acceptors (Lipinski definition) is 6. The van der Waals surface area contributed by atoms with Crippen LogP contribution in [0.15, 0.2) is 35.0 Å². The highest BCUT2D eigenvalue weighted by molar-refractivity contribution is 7.08. The van der Waals surface area contributed by atoms with E-state index >= 15 is 0 Å². The molecular weight excluding hydrogens is 406 g/mol. The Morgan fingerprint density at radius 2 is 1.94 bits per heavy atom. The fourth-order valence-corrected chi connectivity index (χ4v) is 4.81. The van der Waals surface area contributed by atoms with Gasteiger partial charge in [0, 0.05) is 48.2 Å². The van der Waals surface area contributed by atoms with Gasteiger partial charge in [-0.3, -0.25) is 4.79 Å². The van der Waals surface area contributed by atoms with Gasteiger partial charge in [0.2, 0.25) is 5.91 Å². The third-order valence-corrected chi connectivity index (χ3v) is 6.75. The van der Waals surface area contributed by atoms with Crippen molar-refractivity contribution in [3.05, 3.63) is 35.0 Å². The highest BCUT2D eigenvalue weighted by Crippen LogP contribution is 2.36. The summed E-state index contributed by atoms with van der Waals surface area (Å²) < 4.78 is 0. The van der Waals surface area contributed by atoms with E-state index in [0.29, 0.717) is 12.3 Å². The summed E-state index contributed by atoms with van der Waals surface area (Å²) in [6, 6.07) is 10.6. The summed E-state index contributed by atoms with van der Waals surface area (Å²) >= 11 is 1.63. The fourth-order valence-electron chi connectivity index (χ4n) is 4.01. The second-order valence-electron chi connectivity index (χ2n) is 8.99. The topological polar surface area (TPSA) is 80.2 Å². The lowest BCUT2D eigenvalue weighted by Crippen LogP contribution is -2.46. The molecule has 1 saturated heterocycles. The summed E-state index contributed by atoms with van der Waals surface area (Å²) in [7, 11) is 0. The molecule has 1 saturated carbocycles. The Hall–Kier alpha value is -2.56. The molecule has 0 unspecified atom stereocenters. The Balaban J connectivity index is 1.49. The van der Waals surface area contributed by atoms with Crippen LogP contribution in [0.3, 0.4) is 0 Å². The number of amides is 1. The highest BCUT2D eigenvalue weighted by atomic mass is 32.1. The second-order valence-corrected chi connectivity index (χ2v) is 9.74. The number of thiophene rings is 1. The van der Waals surface area contributed by atoms with Crippen molar-refractivity contribution in [2.75, 3.05) is 36.4 Å². The van der Waals surface area contributed by atoms with Crippen LogP contribution in [0.2, 0.25) is 0 Å². The van der Waals surface area contributed by atoms with Gasteiger partial charge in [0.25, 0.3) is 0 Å². The van der Waals surface area contributed by atoms with Crippen LogP contribution in [0, 0.1) is 17.2 Å². The van der Waals surface area contributed by atoms with E-state index in [2.05, 4.69) is 75.8 Å². The summed E-state index contributed by atoms with van der Waals surface area (Å²) in [4.78, 5) is 15.4. The van der Waals surface area contributed by atoms with Crippen molar-refractivity contribution in [3.63, 3.8) is 0 Å². The van der Waals surface area contributed by atoms with Crippen LogP contribution in [-0.4, -0.2) is 43.7 Å². The van der Waals surface area contributed by atoms with Crippen LogP contribution in [-0.2, 0) is 4.79 Å². The van der Waals surface area contributed by atoms with E-state index in [1.165, 1.54) is 5.69 Å². The monoisotopic (exact) mass is 437 g/mol. The maximum Gasteiger partial charge on any atom is 0.243 e. The number of hydrogen-bond donors (Lipinski definition) is 3. The number of nitriles is 1. The van der Waals surface area contributed by atoms with Gasteiger partial charge in [-0.05, 0) is 42.9 Å². The zero-order valence-electron chi connectivity index (χ0n) is 18.3. The Morgan fingerprint density at radius 3 is 2.55 bits per heavy atom. The molecule has 164 valence electrons. The first-order valence-electron chi connectivity index (χ1n) is 11.1. The summed E-state index contributed by atoms with van der Waals surface area (Å²) in [6.45, 7) is 8.33. The minimum atomic E-state index is -0.648. The van der Waals surface area contributed by atoms with E-state index in [9.17, 15) is 10.1 Å². The first kappa shape index (κ1) is 21.7. The van der Waals surface area contributed by atoms with E-state index < -0.39 is 5.54 Å². The molecule has 2 heterocycles. The van der Waals surface area contributed by atoms with Crippen LogP contribution < -0.4 is 20.9 Å². The minimum Gasteiger partial charge on any atom is -0.372 e. The van der Waals surface area contributed by atoms with Gasteiger partial charge in [-0.25, -0.2) is 0 Å². The number of piperazine rings is 1. The van der Waals surface area contributed by atoms with E-state index in [-0.39, 0.29) is 11.9 Å². The number of nitrogens with one attached hydrogen (secondary N) is 3. The molecule has 1 atom stereocenters. The molecule has 1 aliphatic carbocycles. The van der Waals surface area contributed by atoms with Gasteiger partial charge in [-0.2, -0.15) is 5.26 Å². The molecule has 2 aliphatic rings. The minimum absolute atomic E-state index is 0.0843. The van der Waals surface area contributed by atoms with Gasteiger partial charge in [-0.15, -0.1) is 11.3 Å². The number of nitrogens with zero attached hydrogens (tertiary/aromatic N) is 2. The van der Waals surface area contributed by atoms with Crippen molar-refractivity contribution in [2.24, 2.45) is 5.92 Å². The van der Waals surface area contributed by atoms with E-state index in [0.717, 1.165) is 55.8 Å². The lowest BCUT2D eigenvalue weighted by molar-refractivity contribution is -0.122. The average Bonchev–Trinajstić information content (AvgIpc) is 3.40. The molecular formula is C24H31N5OS. The Kier molecular flexibility index (Phi) is 6.49. The summed E-state index contributed by atoms with van der Waals surface area (Å²) in [6.07, 6.45) is 2.20. The molecule has 3 N–H and O–H groups in total. The molecule has 1 aromatic carbocycles. The SMILES string of the molecule is CC(C)C[C@H](Nc1cscc1-c1ccc(N2CCNCC2)cc1)C(=O)NC1(C#N)CC1. The van der Waals surface area contributed by atoms with Gasteiger partial charge in [-0.1, -0.05) is 26.0 Å². The molecule has 2 aromatic rings. The number of rotatable bonds is 8. The molecule has 7 heteroatoms. The summed E-state index contributed by atoms with van der Waals surface area (Å²) in [5.74, 6) is 0.278. The quantitative estimate of drug-likeness (QED) is 0.585. The lowest BCUT2D eigenvalue weighted by atomic mass is 10.0. The second kappa shape index (κ2) is 9.29. The van der Waals surface area contributed by atoms with Crippen molar-refractivity contribution < 1.29 is 4.79 Å². The zero-order chi connectivity index (χ0) is 21.8. The summed E-state index contributed by atoms with van der Waals surface area (Å²) in [5.41, 5.74) is 3.83. The molecule has 1 aromatic heterocycles. The van der Waals surface area contributed by atoms with Gasteiger partial charge < -0.3 is 20.9 Å². The van der Waals surface area contributed by atoms with Crippen LogP contribution in [0.25, 0.3) is 11.1 Å². The van der Waals surface area contributed by atoms with Crippen LogP contribution >= 0.6 is 11.3 Å². The van der Waals surface area contributed by atoms with Crippen molar-refractivity contribution in [3.8, 4) is 17.2 Å². The molecule has 2 fully saturated rings. The maximum atomic E-state index is 13.0. The predicted octanol–water partition coefficient (Wildman–Crippen LogP) is 3.82. The normalized spacial score (nSPS) is 18.3. The van der Waals surface area contributed by atoms with Crippen molar-refractivity contribution >= 4 is 28.6 Å². The third kappa shape index (κ3) is 5.20. The van der Waals surface area contributed by atoms with Crippen LogP contribution in [0.1, 0.15) is 33.1 Å². The number of carbonyl (C=O) groups is 1. The molecule has 6 nitrogen and oxygen atoms in total. The fraction of sp³-hybridized carbons (Fsp3) is 0.500. The van der Waals surface area contributed by atoms with Crippen LogP contribution in [0.4, 0.5) is 11.4 Å². The number of benzene rings is 1. The standard InChI is InChI=1S/C24H31N5OS/c1-17(2)13-21(23(30)28-24(16-25)7-8-24)27-22-15-31-14-20(22)18-3-5-19(6-4-18)29-11-9-26-10-12-29/h3-6,14-15,17,21,26-27H,7-13H2,1-2H3,(H,28,30)/t21-/m0/s1. The molecule has 4 rings (SSSR count). The molecule has 31 heavy (non-hydrogen) atoms. The van der Waals surface area contributed by atoms with Gasteiger partial charge in [0.1, 0.15) is 11.6 Å². The van der Waals surface area contributed by atoms with Crippen molar-refractivity contribution in [1.82, 2.24) is 10.6 Å². The smallest absolute Gasteiger partial charge is 0.243 e. The average molecular weight is 438 g/mol. The highest BCUT2D eigenvalue weighted by Gasteiger charge is 2.45. The Labute approximate surface area is 188 Å². The predicted molar refractivity (Wildman–Crippen MR) is 127 cm³/mol. The van der Waals surface area contributed by atoms with Crippen molar-refractivity contribution in [2.45, 2.75) is 44.7 Å². The van der Waals surface area contributed by atoms with E-state index in [4.69, 9.17) is 0 Å².